The summed E-state index contributed by atoms with van der Waals surface area (Å²) in [7, 11) is 2.17. The molecule has 0 aromatic rings. The SMILES string of the molecule is CCN1CCC(N(C)C(C)CC(=N)N)CC1. The van der Waals surface area contributed by atoms with Gasteiger partial charge in [-0.05, 0) is 46.4 Å². The maximum absolute atomic E-state index is 7.34. The molecule has 16 heavy (non-hydrogen) atoms. The van der Waals surface area contributed by atoms with Crippen LogP contribution >= 0.6 is 0 Å². The monoisotopic (exact) mass is 226 g/mol. The van der Waals surface area contributed by atoms with Gasteiger partial charge in [-0.3, -0.25) is 5.41 Å². The number of amidine groups is 1. The zero-order valence-electron chi connectivity index (χ0n) is 10.9. The number of nitrogens with two attached hydrogens (primary N) is 1. The van der Waals surface area contributed by atoms with Gasteiger partial charge >= 0.3 is 0 Å². The quantitative estimate of drug-likeness (QED) is 0.545. The Morgan fingerprint density at radius 1 is 1.50 bits per heavy atom. The molecular formula is C12H26N4. The van der Waals surface area contributed by atoms with Gasteiger partial charge in [0.2, 0.25) is 0 Å². The number of likely N-dealkylation sites (tertiary alicyclic amines) is 1. The van der Waals surface area contributed by atoms with Crippen molar-refractivity contribution in [3.63, 3.8) is 0 Å². The number of hydrogen-bond acceptors (Lipinski definition) is 3. The largest absolute Gasteiger partial charge is 0.388 e. The fourth-order valence-electron chi connectivity index (χ4n) is 2.46. The Bertz CT molecular complexity index is 221. The van der Waals surface area contributed by atoms with Crippen molar-refractivity contribution in [2.75, 3.05) is 26.7 Å². The molecule has 3 N–H and O–H groups in total. The predicted molar refractivity (Wildman–Crippen MR) is 68.9 cm³/mol. The first-order valence-electron chi connectivity index (χ1n) is 6.31. The first-order valence-corrected chi connectivity index (χ1v) is 6.31. The van der Waals surface area contributed by atoms with E-state index in [0.717, 1.165) is 0 Å². The van der Waals surface area contributed by atoms with E-state index in [4.69, 9.17) is 11.1 Å². The van der Waals surface area contributed by atoms with Crippen LogP contribution < -0.4 is 5.73 Å². The van der Waals surface area contributed by atoms with Crippen molar-refractivity contribution < 1.29 is 0 Å². The molecule has 94 valence electrons. The Labute approximate surface area is 99.3 Å². The highest BCUT2D eigenvalue weighted by atomic mass is 15.2. The van der Waals surface area contributed by atoms with Crippen molar-refractivity contribution in [2.45, 2.75) is 45.2 Å². The molecule has 0 bridgehead atoms. The number of rotatable bonds is 5. The summed E-state index contributed by atoms with van der Waals surface area (Å²) in [6.45, 7) is 7.96. The van der Waals surface area contributed by atoms with Gasteiger partial charge in [-0.2, -0.15) is 0 Å². The molecule has 0 aromatic heterocycles. The Hall–Kier alpha value is -0.610. The maximum atomic E-state index is 7.34. The summed E-state index contributed by atoms with van der Waals surface area (Å²) in [5.74, 6) is 0.297. The fourth-order valence-corrected chi connectivity index (χ4v) is 2.46. The Morgan fingerprint density at radius 3 is 2.50 bits per heavy atom. The first-order chi connectivity index (χ1) is 7.54. The molecule has 0 amide bonds. The number of piperidine rings is 1. The number of nitrogens with one attached hydrogen (secondary N) is 1. The molecule has 1 aliphatic heterocycles. The minimum atomic E-state index is 0.297. The summed E-state index contributed by atoms with van der Waals surface area (Å²) in [6, 6.07) is 1.05. The van der Waals surface area contributed by atoms with Crippen molar-refractivity contribution >= 4 is 5.84 Å². The van der Waals surface area contributed by atoms with E-state index in [9.17, 15) is 0 Å². The van der Waals surface area contributed by atoms with Crippen LogP contribution in [0.4, 0.5) is 0 Å². The molecule has 1 unspecified atom stereocenters. The normalized spacial score (nSPS) is 21.2. The molecule has 1 saturated heterocycles. The molecular weight excluding hydrogens is 200 g/mol. The van der Waals surface area contributed by atoms with Crippen molar-refractivity contribution in [2.24, 2.45) is 5.73 Å². The van der Waals surface area contributed by atoms with Crippen LogP contribution in [0.3, 0.4) is 0 Å². The van der Waals surface area contributed by atoms with E-state index in [1.54, 1.807) is 0 Å². The van der Waals surface area contributed by atoms with E-state index in [-0.39, 0.29) is 0 Å². The standard InChI is InChI=1S/C12H26N4/c1-4-16-7-5-11(6-8-16)15(3)10(2)9-12(13)14/h10-11H,4-9H2,1-3H3,(H3,13,14). The highest BCUT2D eigenvalue weighted by Crippen LogP contribution is 2.18. The van der Waals surface area contributed by atoms with Crippen LogP contribution in [0.15, 0.2) is 0 Å². The first kappa shape index (κ1) is 13.5. The van der Waals surface area contributed by atoms with Crippen molar-refractivity contribution in [1.29, 1.82) is 5.41 Å². The topological polar surface area (TPSA) is 56.4 Å². The van der Waals surface area contributed by atoms with Crippen LogP contribution in [0.1, 0.15) is 33.1 Å². The summed E-state index contributed by atoms with van der Waals surface area (Å²) in [4.78, 5) is 4.90. The van der Waals surface area contributed by atoms with Crippen LogP contribution in [0.2, 0.25) is 0 Å². The molecule has 1 heterocycles. The van der Waals surface area contributed by atoms with Gasteiger partial charge in [0.1, 0.15) is 0 Å². The molecule has 0 spiro atoms. The lowest BCUT2D eigenvalue weighted by atomic mass is 10.0. The molecule has 0 aromatic carbocycles. The lowest BCUT2D eigenvalue weighted by Crippen LogP contribution is -2.47. The molecule has 4 heteroatoms. The highest BCUT2D eigenvalue weighted by Gasteiger charge is 2.24. The molecule has 1 atom stereocenters. The van der Waals surface area contributed by atoms with Crippen LogP contribution in [0, 0.1) is 5.41 Å². The summed E-state index contributed by atoms with van der Waals surface area (Å²) in [5.41, 5.74) is 5.45. The van der Waals surface area contributed by atoms with E-state index in [0.29, 0.717) is 24.3 Å². The van der Waals surface area contributed by atoms with Crippen LogP contribution in [-0.2, 0) is 0 Å². The number of nitrogens with zero attached hydrogens (tertiary/aromatic N) is 2. The predicted octanol–water partition coefficient (Wildman–Crippen LogP) is 1.12. The maximum Gasteiger partial charge on any atom is 0.0920 e. The molecule has 1 aliphatic rings. The lowest BCUT2D eigenvalue weighted by molar-refractivity contribution is 0.106. The second kappa shape index (κ2) is 6.21. The van der Waals surface area contributed by atoms with Crippen LogP contribution in [-0.4, -0.2) is 54.4 Å². The van der Waals surface area contributed by atoms with Gasteiger partial charge < -0.3 is 15.5 Å². The average Bonchev–Trinajstić information content (AvgIpc) is 2.27. The summed E-state index contributed by atoms with van der Waals surface area (Å²) >= 11 is 0. The molecule has 0 aliphatic carbocycles. The van der Waals surface area contributed by atoms with Crippen molar-refractivity contribution in [3.05, 3.63) is 0 Å². The zero-order chi connectivity index (χ0) is 12.1. The molecule has 0 saturated carbocycles. The van der Waals surface area contributed by atoms with Gasteiger partial charge in [0.05, 0.1) is 5.84 Å². The molecule has 4 nitrogen and oxygen atoms in total. The smallest absolute Gasteiger partial charge is 0.0920 e. The lowest BCUT2D eigenvalue weighted by Gasteiger charge is -2.39. The van der Waals surface area contributed by atoms with Gasteiger partial charge in [-0.15, -0.1) is 0 Å². The van der Waals surface area contributed by atoms with Gasteiger partial charge in [0, 0.05) is 18.5 Å². The third-order valence-corrected chi connectivity index (χ3v) is 3.79. The molecule has 1 fully saturated rings. The highest BCUT2D eigenvalue weighted by molar-refractivity contribution is 5.77. The summed E-state index contributed by atoms with van der Waals surface area (Å²) in [6.07, 6.45) is 3.17. The van der Waals surface area contributed by atoms with E-state index >= 15 is 0 Å². The average molecular weight is 226 g/mol. The Balaban J connectivity index is 2.37. The second-order valence-electron chi connectivity index (χ2n) is 4.91. The second-order valence-corrected chi connectivity index (χ2v) is 4.91. The Morgan fingerprint density at radius 2 is 2.06 bits per heavy atom. The fraction of sp³-hybridized carbons (Fsp3) is 0.917. The van der Waals surface area contributed by atoms with E-state index in [1.807, 2.05) is 0 Å². The van der Waals surface area contributed by atoms with Crippen LogP contribution in [0.5, 0.6) is 0 Å². The molecule has 1 rings (SSSR count). The number of hydrogen-bond donors (Lipinski definition) is 2. The minimum Gasteiger partial charge on any atom is -0.388 e. The minimum absolute atomic E-state index is 0.297. The van der Waals surface area contributed by atoms with Gasteiger partial charge in [0.25, 0.3) is 0 Å². The van der Waals surface area contributed by atoms with Gasteiger partial charge in [-0.1, -0.05) is 6.92 Å². The zero-order valence-corrected chi connectivity index (χ0v) is 10.9. The molecule has 0 radical (unpaired) electrons. The summed E-state index contributed by atoms with van der Waals surface area (Å²) < 4.78 is 0. The van der Waals surface area contributed by atoms with E-state index < -0.39 is 0 Å². The Kier molecular flexibility index (Phi) is 5.22. The van der Waals surface area contributed by atoms with Crippen molar-refractivity contribution in [3.8, 4) is 0 Å². The summed E-state index contributed by atoms with van der Waals surface area (Å²) in [5, 5.41) is 7.34. The van der Waals surface area contributed by atoms with E-state index in [2.05, 4.69) is 30.7 Å². The van der Waals surface area contributed by atoms with Crippen LogP contribution in [0.25, 0.3) is 0 Å². The van der Waals surface area contributed by atoms with Gasteiger partial charge in [-0.25, -0.2) is 0 Å². The van der Waals surface area contributed by atoms with Crippen molar-refractivity contribution in [1.82, 2.24) is 9.80 Å². The van der Waals surface area contributed by atoms with Gasteiger partial charge in [0.15, 0.2) is 0 Å². The van der Waals surface area contributed by atoms with E-state index in [1.165, 1.54) is 32.5 Å². The third-order valence-electron chi connectivity index (χ3n) is 3.79. The third kappa shape index (κ3) is 3.76.